The molecule has 0 radical (unpaired) electrons. The summed E-state index contributed by atoms with van der Waals surface area (Å²) in [5.41, 5.74) is 1.61. The molecule has 1 heterocycles. The van der Waals surface area contributed by atoms with Crippen molar-refractivity contribution in [2.45, 2.75) is 0 Å². The number of carbonyl (C=O) groups excluding carboxylic acids is 1. The summed E-state index contributed by atoms with van der Waals surface area (Å²) in [5, 5.41) is 10.8. The molecule has 118 valence electrons. The average molecular weight is 332 g/mol. The second-order valence-corrected chi connectivity index (χ2v) is 5.19. The zero-order valence-electron chi connectivity index (χ0n) is 12.5. The Morgan fingerprint density at radius 3 is 2.74 bits per heavy atom. The number of rotatable bonds is 4. The summed E-state index contributed by atoms with van der Waals surface area (Å²) in [6.07, 6.45) is 1.66. The number of methoxy groups -OCH3 is 2. The van der Waals surface area contributed by atoms with E-state index in [1.54, 1.807) is 30.5 Å². The number of fused-ring (bicyclic) bond motifs is 1. The number of nitrogens with zero attached hydrogens (tertiary/aromatic N) is 1. The first kappa shape index (κ1) is 15.2. The number of carbonyl (C=O) groups is 1. The number of amides is 1. The molecule has 0 saturated carbocycles. The number of benzene rings is 2. The van der Waals surface area contributed by atoms with Gasteiger partial charge in [-0.2, -0.15) is 5.10 Å². The number of nitrogens with one attached hydrogen (secondary N) is 2. The van der Waals surface area contributed by atoms with Crippen molar-refractivity contribution in [2.24, 2.45) is 0 Å². The number of aromatic amines is 1. The van der Waals surface area contributed by atoms with Gasteiger partial charge in [0, 0.05) is 11.5 Å². The van der Waals surface area contributed by atoms with Crippen molar-refractivity contribution >= 4 is 34.1 Å². The SMILES string of the molecule is COc1cc(OC)c(NC(=O)c2cccc3cn[nH]c23)cc1Cl. The van der Waals surface area contributed by atoms with Crippen molar-refractivity contribution in [3.63, 3.8) is 0 Å². The van der Waals surface area contributed by atoms with Gasteiger partial charge in [0.15, 0.2) is 0 Å². The molecule has 23 heavy (non-hydrogen) atoms. The predicted molar refractivity (Wildman–Crippen MR) is 88.6 cm³/mol. The van der Waals surface area contributed by atoms with E-state index in [-0.39, 0.29) is 5.91 Å². The Labute approximate surface area is 137 Å². The van der Waals surface area contributed by atoms with E-state index in [0.29, 0.717) is 33.3 Å². The van der Waals surface area contributed by atoms with Gasteiger partial charge >= 0.3 is 0 Å². The van der Waals surface area contributed by atoms with Gasteiger partial charge in [0.05, 0.1) is 42.2 Å². The molecule has 0 saturated heterocycles. The van der Waals surface area contributed by atoms with Gasteiger partial charge < -0.3 is 14.8 Å². The van der Waals surface area contributed by atoms with E-state index < -0.39 is 0 Å². The lowest BCUT2D eigenvalue weighted by Gasteiger charge is -2.13. The van der Waals surface area contributed by atoms with Crippen molar-refractivity contribution in [2.75, 3.05) is 19.5 Å². The van der Waals surface area contributed by atoms with Crippen LogP contribution >= 0.6 is 11.6 Å². The summed E-state index contributed by atoms with van der Waals surface area (Å²) in [4.78, 5) is 12.6. The molecule has 3 aromatic rings. The molecule has 7 heteroatoms. The fourth-order valence-corrected chi connectivity index (χ4v) is 2.55. The molecule has 0 aliphatic rings. The first-order valence-electron chi connectivity index (χ1n) is 6.79. The maximum atomic E-state index is 12.6. The molecule has 2 aromatic carbocycles. The van der Waals surface area contributed by atoms with Gasteiger partial charge in [-0.1, -0.05) is 23.7 Å². The lowest BCUT2D eigenvalue weighted by Crippen LogP contribution is -2.13. The zero-order chi connectivity index (χ0) is 16.4. The quantitative estimate of drug-likeness (QED) is 0.767. The third-order valence-electron chi connectivity index (χ3n) is 3.44. The largest absolute Gasteiger partial charge is 0.495 e. The summed E-state index contributed by atoms with van der Waals surface area (Å²) in [5.74, 6) is 0.632. The van der Waals surface area contributed by atoms with E-state index >= 15 is 0 Å². The summed E-state index contributed by atoms with van der Waals surface area (Å²) in [7, 11) is 3.02. The highest BCUT2D eigenvalue weighted by molar-refractivity contribution is 6.32. The number of halogens is 1. The number of hydrogen-bond donors (Lipinski definition) is 2. The summed E-state index contributed by atoms with van der Waals surface area (Å²) in [6.45, 7) is 0. The van der Waals surface area contributed by atoms with Gasteiger partial charge in [0.2, 0.25) is 0 Å². The van der Waals surface area contributed by atoms with E-state index in [1.165, 1.54) is 14.2 Å². The summed E-state index contributed by atoms with van der Waals surface area (Å²) in [6, 6.07) is 8.60. The molecule has 0 aliphatic heterocycles. The third kappa shape index (κ3) is 2.80. The molecule has 2 N–H and O–H groups in total. The zero-order valence-corrected chi connectivity index (χ0v) is 13.3. The Morgan fingerprint density at radius 1 is 1.22 bits per heavy atom. The maximum Gasteiger partial charge on any atom is 0.257 e. The molecular weight excluding hydrogens is 318 g/mol. The second-order valence-electron chi connectivity index (χ2n) is 4.78. The van der Waals surface area contributed by atoms with Gasteiger partial charge in [-0.05, 0) is 12.1 Å². The molecule has 0 bridgehead atoms. The van der Waals surface area contributed by atoms with Gasteiger partial charge in [0.25, 0.3) is 5.91 Å². The highest BCUT2D eigenvalue weighted by atomic mass is 35.5. The molecule has 1 amide bonds. The number of ether oxygens (including phenoxy) is 2. The van der Waals surface area contributed by atoms with Crippen molar-refractivity contribution in [1.82, 2.24) is 10.2 Å². The minimum absolute atomic E-state index is 0.292. The molecule has 0 spiro atoms. The predicted octanol–water partition coefficient (Wildman–Crippen LogP) is 3.49. The van der Waals surface area contributed by atoms with Crippen LogP contribution in [-0.2, 0) is 0 Å². The smallest absolute Gasteiger partial charge is 0.257 e. The Balaban J connectivity index is 1.97. The van der Waals surface area contributed by atoms with E-state index in [4.69, 9.17) is 21.1 Å². The molecule has 3 rings (SSSR count). The van der Waals surface area contributed by atoms with Crippen LogP contribution in [0.1, 0.15) is 10.4 Å². The van der Waals surface area contributed by atoms with E-state index in [2.05, 4.69) is 15.5 Å². The number of anilines is 1. The van der Waals surface area contributed by atoms with Crippen molar-refractivity contribution in [3.8, 4) is 11.5 Å². The minimum Gasteiger partial charge on any atom is -0.495 e. The highest BCUT2D eigenvalue weighted by Gasteiger charge is 2.16. The van der Waals surface area contributed by atoms with Crippen LogP contribution in [0.5, 0.6) is 11.5 Å². The van der Waals surface area contributed by atoms with E-state index in [9.17, 15) is 4.79 Å². The molecule has 0 aliphatic carbocycles. The van der Waals surface area contributed by atoms with Crippen LogP contribution in [0, 0.1) is 0 Å². The monoisotopic (exact) mass is 331 g/mol. The normalized spacial score (nSPS) is 10.6. The van der Waals surface area contributed by atoms with Crippen LogP contribution in [0.2, 0.25) is 5.02 Å². The molecule has 6 nitrogen and oxygen atoms in total. The first-order valence-corrected chi connectivity index (χ1v) is 7.17. The Bertz CT molecular complexity index is 876. The molecule has 0 unspecified atom stereocenters. The lowest BCUT2D eigenvalue weighted by atomic mass is 10.1. The maximum absolute atomic E-state index is 12.6. The molecular formula is C16H14ClN3O3. The number of H-pyrrole nitrogens is 1. The fourth-order valence-electron chi connectivity index (χ4n) is 2.31. The van der Waals surface area contributed by atoms with Crippen molar-refractivity contribution < 1.29 is 14.3 Å². The van der Waals surface area contributed by atoms with Gasteiger partial charge in [0.1, 0.15) is 11.5 Å². The summed E-state index contributed by atoms with van der Waals surface area (Å²) < 4.78 is 10.4. The Hall–Kier alpha value is -2.73. The molecule has 0 fully saturated rings. The highest BCUT2D eigenvalue weighted by Crippen LogP contribution is 2.36. The molecule has 0 atom stereocenters. The van der Waals surface area contributed by atoms with Crippen LogP contribution in [0.3, 0.4) is 0 Å². The van der Waals surface area contributed by atoms with Gasteiger partial charge in [-0.25, -0.2) is 0 Å². The topological polar surface area (TPSA) is 76.2 Å². The number of hydrogen-bond acceptors (Lipinski definition) is 4. The fraction of sp³-hybridized carbons (Fsp3) is 0.125. The van der Waals surface area contributed by atoms with Crippen molar-refractivity contribution in [3.05, 3.63) is 47.1 Å². The molecule has 1 aromatic heterocycles. The van der Waals surface area contributed by atoms with Crippen LogP contribution < -0.4 is 14.8 Å². The Morgan fingerprint density at radius 2 is 2.00 bits per heavy atom. The van der Waals surface area contributed by atoms with E-state index in [0.717, 1.165) is 5.39 Å². The van der Waals surface area contributed by atoms with Crippen LogP contribution in [-0.4, -0.2) is 30.3 Å². The standard InChI is InChI=1S/C16H14ClN3O3/c1-22-13-7-14(23-2)12(6-11(13)17)19-16(21)10-5-3-4-9-8-18-20-15(9)10/h3-8H,1-2H3,(H,18,20)(H,19,21). The Kier molecular flexibility index (Phi) is 4.08. The van der Waals surface area contributed by atoms with E-state index in [1.807, 2.05) is 6.07 Å². The van der Waals surface area contributed by atoms with Crippen molar-refractivity contribution in [1.29, 1.82) is 0 Å². The van der Waals surface area contributed by atoms with Gasteiger partial charge in [-0.3, -0.25) is 9.89 Å². The summed E-state index contributed by atoms with van der Waals surface area (Å²) >= 11 is 6.12. The van der Waals surface area contributed by atoms with Gasteiger partial charge in [-0.15, -0.1) is 0 Å². The lowest BCUT2D eigenvalue weighted by molar-refractivity contribution is 0.102. The van der Waals surface area contributed by atoms with Crippen LogP contribution in [0.25, 0.3) is 10.9 Å². The average Bonchev–Trinajstić information content (AvgIpc) is 3.03. The van der Waals surface area contributed by atoms with Crippen LogP contribution in [0.15, 0.2) is 36.5 Å². The third-order valence-corrected chi connectivity index (χ3v) is 3.74. The number of aromatic nitrogens is 2. The minimum atomic E-state index is -0.292. The van der Waals surface area contributed by atoms with Crippen LogP contribution in [0.4, 0.5) is 5.69 Å². The first-order chi connectivity index (χ1) is 11.1. The number of para-hydroxylation sites is 1. The second kappa shape index (κ2) is 6.18.